The molecule has 0 aliphatic carbocycles. The number of aliphatic carboxylic acids is 1. The molecule has 0 spiro atoms. The Labute approximate surface area is 114 Å². The van der Waals surface area contributed by atoms with Crippen LogP contribution in [0, 0.1) is 17.8 Å². The Kier molecular flexibility index (Phi) is 6.84. The fraction of sp³-hybridized carbons (Fsp3) is 0.857. The molecule has 0 radical (unpaired) electrons. The molecule has 1 heterocycles. The molecule has 3 unspecified atom stereocenters. The van der Waals surface area contributed by atoms with Gasteiger partial charge in [-0.3, -0.25) is 9.59 Å². The first kappa shape index (κ1) is 16.0. The molecular weight excluding hydrogens is 246 g/mol. The predicted molar refractivity (Wildman–Crippen MR) is 71.8 cm³/mol. The van der Waals surface area contributed by atoms with Crippen LogP contribution in [0.2, 0.25) is 0 Å². The molecule has 1 amide bonds. The molecule has 0 aromatic rings. The van der Waals surface area contributed by atoms with Gasteiger partial charge in [0.25, 0.3) is 0 Å². The third-order valence-corrected chi connectivity index (χ3v) is 3.76. The van der Waals surface area contributed by atoms with Crippen LogP contribution in [0.4, 0.5) is 0 Å². The lowest BCUT2D eigenvalue weighted by Gasteiger charge is -2.27. The van der Waals surface area contributed by atoms with Gasteiger partial charge in [-0.25, -0.2) is 0 Å². The number of hydrogen-bond acceptors (Lipinski definition) is 3. The monoisotopic (exact) mass is 271 g/mol. The van der Waals surface area contributed by atoms with E-state index in [2.05, 4.69) is 5.32 Å². The van der Waals surface area contributed by atoms with Crippen molar-refractivity contribution in [2.75, 3.05) is 19.8 Å². The molecule has 5 nitrogen and oxygen atoms in total. The van der Waals surface area contributed by atoms with Gasteiger partial charge >= 0.3 is 5.97 Å². The van der Waals surface area contributed by atoms with Crippen molar-refractivity contribution in [3.8, 4) is 0 Å². The molecule has 19 heavy (non-hydrogen) atoms. The van der Waals surface area contributed by atoms with E-state index >= 15 is 0 Å². The minimum atomic E-state index is -0.757. The molecule has 2 N–H and O–H groups in total. The van der Waals surface area contributed by atoms with Crippen molar-refractivity contribution >= 4 is 11.9 Å². The number of hydrogen-bond donors (Lipinski definition) is 2. The molecule has 110 valence electrons. The fourth-order valence-corrected chi connectivity index (χ4v) is 2.36. The van der Waals surface area contributed by atoms with Gasteiger partial charge in [-0.15, -0.1) is 0 Å². The number of amides is 1. The molecule has 1 rings (SSSR count). The normalized spacial score (nSPS) is 24.7. The van der Waals surface area contributed by atoms with E-state index in [4.69, 9.17) is 9.84 Å². The summed E-state index contributed by atoms with van der Waals surface area (Å²) < 4.78 is 5.32. The Bertz CT molecular complexity index is 306. The van der Waals surface area contributed by atoms with Crippen molar-refractivity contribution in [3.63, 3.8) is 0 Å². The van der Waals surface area contributed by atoms with Gasteiger partial charge in [0.2, 0.25) is 5.91 Å². The summed E-state index contributed by atoms with van der Waals surface area (Å²) in [5.41, 5.74) is 0. The van der Waals surface area contributed by atoms with Gasteiger partial charge in [0.15, 0.2) is 0 Å². The number of carboxylic acid groups (broad SMARTS) is 1. The van der Waals surface area contributed by atoms with Crippen LogP contribution in [0.15, 0.2) is 0 Å². The molecule has 0 aromatic carbocycles. The molecule has 0 bridgehead atoms. The number of carbonyl (C=O) groups is 2. The largest absolute Gasteiger partial charge is 0.481 e. The first-order valence-corrected chi connectivity index (χ1v) is 7.08. The first-order valence-electron chi connectivity index (χ1n) is 7.08. The third-order valence-electron chi connectivity index (χ3n) is 3.76. The highest BCUT2D eigenvalue weighted by Gasteiger charge is 2.27. The molecule has 1 aliphatic rings. The highest BCUT2D eigenvalue weighted by molar-refractivity contribution is 5.79. The van der Waals surface area contributed by atoms with Crippen molar-refractivity contribution in [1.82, 2.24) is 5.32 Å². The lowest BCUT2D eigenvalue weighted by molar-refractivity contribution is -0.137. The van der Waals surface area contributed by atoms with Crippen molar-refractivity contribution < 1.29 is 19.4 Å². The van der Waals surface area contributed by atoms with Crippen LogP contribution in [0.5, 0.6) is 0 Å². The molecular formula is C14H25NO4. The molecule has 1 fully saturated rings. The minimum Gasteiger partial charge on any atom is -0.481 e. The van der Waals surface area contributed by atoms with Crippen LogP contribution in [0.25, 0.3) is 0 Å². The van der Waals surface area contributed by atoms with E-state index in [9.17, 15) is 9.59 Å². The number of rotatable bonds is 7. The van der Waals surface area contributed by atoms with Crippen LogP contribution >= 0.6 is 0 Å². The van der Waals surface area contributed by atoms with Crippen LogP contribution in [0.3, 0.4) is 0 Å². The van der Waals surface area contributed by atoms with E-state index in [1.165, 1.54) is 0 Å². The van der Waals surface area contributed by atoms with Gasteiger partial charge in [0.05, 0.1) is 0 Å². The van der Waals surface area contributed by atoms with E-state index in [1.807, 2.05) is 13.8 Å². The Balaban J connectivity index is 2.17. The Hall–Kier alpha value is -1.10. The maximum Gasteiger partial charge on any atom is 0.303 e. The van der Waals surface area contributed by atoms with Gasteiger partial charge in [0.1, 0.15) is 0 Å². The number of carbonyl (C=O) groups excluding carboxylic acids is 1. The standard InChI is InChI=1S/C14H25NO4/c1-10(3-4-13(16)17)5-7-15-14(18)12-6-8-19-9-11(12)2/h10-12H,3-9H2,1-2H3,(H,15,18)(H,16,17). The van der Waals surface area contributed by atoms with Gasteiger partial charge in [-0.1, -0.05) is 13.8 Å². The van der Waals surface area contributed by atoms with Crippen LogP contribution in [-0.4, -0.2) is 36.7 Å². The van der Waals surface area contributed by atoms with E-state index in [-0.39, 0.29) is 24.2 Å². The Morgan fingerprint density at radius 2 is 2.16 bits per heavy atom. The number of ether oxygens (including phenoxy) is 1. The molecule has 0 aromatic heterocycles. The molecule has 5 heteroatoms. The van der Waals surface area contributed by atoms with Crippen molar-refractivity contribution in [2.45, 2.75) is 39.5 Å². The molecule has 0 saturated carbocycles. The molecule has 1 saturated heterocycles. The summed E-state index contributed by atoms with van der Waals surface area (Å²) in [6.45, 7) is 6.01. The van der Waals surface area contributed by atoms with Crippen molar-refractivity contribution in [2.24, 2.45) is 17.8 Å². The van der Waals surface area contributed by atoms with Crippen molar-refractivity contribution in [1.29, 1.82) is 0 Å². The topological polar surface area (TPSA) is 75.6 Å². The van der Waals surface area contributed by atoms with Crippen LogP contribution in [0.1, 0.15) is 39.5 Å². The maximum absolute atomic E-state index is 12.0. The summed E-state index contributed by atoms with van der Waals surface area (Å²) in [6, 6.07) is 0. The summed E-state index contributed by atoms with van der Waals surface area (Å²) >= 11 is 0. The zero-order chi connectivity index (χ0) is 14.3. The second-order valence-electron chi connectivity index (χ2n) is 5.56. The van der Waals surface area contributed by atoms with E-state index in [0.717, 1.165) is 12.8 Å². The summed E-state index contributed by atoms with van der Waals surface area (Å²) in [4.78, 5) is 22.4. The summed E-state index contributed by atoms with van der Waals surface area (Å²) in [6.07, 6.45) is 2.49. The predicted octanol–water partition coefficient (Wildman–Crippen LogP) is 1.67. The van der Waals surface area contributed by atoms with E-state index in [0.29, 0.717) is 32.1 Å². The molecule has 3 atom stereocenters. The lowest BCUT2D eigenvalue weighted by Crippen LogP contribution is -2.39. The quantitative estimate of drug-likeness (QED) is 0.738. The minimum absolute atomic E-state index is 0.0584. The third kappa shape index (κ3) is 6.05. The zero-order valence-corrected chi connectivity index (χ0v) is 11.9. The smallest absolute Gasteiger partial charge is 0.303 e. The fourth-order valence-electron chi connectivity index (χ4n) is 2.36. The van der Waals surface area contributed by atoms with E-state index in [1.54, 1.807) is 0 Å². The van der Waals surface area contributed by atoms with Crippen LogP contribution < -0.4 is 5.32 Å². The van der Waals surface area contributed by atoms with Crippen molar-refractivity contribution in [3.05, 3.63) is 0 Å². The summed E-state index contributed by atoms with van der Waals surface area (Å²) in [7, 11) is 0. The zero-order valence-electron chi connectivity index (χ0n) is 11.9. The number of nitrogens with one attached hydrogen (secondary N) is 1. The second kappa shape index (κ2) is 8.15. The highest BCUT2D eigenvalue weighted by atomic mass is 16.5. The van der Waals surface area contributed by atoms with E-state index < -0.39 is 5.97 Å². The Morgan fingerprint density at radius 3 is 2.79 bits per heavy atom. The summed E-state index contributed by atoms with van der Waals surface area (Å²) in [5.74, 6) is 0.0120. The van der Waals surface area contributed by atoms with Gasteiger partial charge in [-0.05, 0) is 31.1 Å². The molecule has 1 aliphatic heterocycles. The van der Waals surface area contributed by atoms with Gasteiger partial charge < -0.3 is 15.2 Å². The summed E-state index contributed by atoms with van der Waals surface area (Å²) in [5, 5.41) is 11.6. The lowest BCUT2D eigenvalue weighted by atomic mass is 9.89. The first-order chi connectivity index (χ1) is 9.00. The Morgan fingerprint density at radius 1 is 1.42 bits per heavy atom. The second-order valence-corrected chi connectivity index (χ2v) is 5.56. The highest BCUT2D eigenvalue weighted by Crippen LogP contribution is 2.21. The number of carboxylic acids is 1. The SMILES string of the molecule is CC(CCNC(=O)C1CCOCC1C)CCC(=O)O. The average molecular weight is 271 g/mol. The van der Waals surface area contributed by atoms with Gasteiger partial charge in [-0.2, -0.15) is 0 Å². The van der Waals surface area contributed by atoms with Gasteiger partial charge in [0, 0.05) is 32.1 Å². The average Bonchev–Trinajstić information content (AvgIpc) is 2.36. The van der Waals surface area contributed by atoms with Crippen LogP contribution in [-0.2, 0) is 14.3 Å². The maximum atomic E-state index is 12.0.